The second-order valence-electron chi connectivity index (χ2n) is 6.90. The van der Waals surface area contributed by atoms with Crippen LogP contribution in [0.15, 0.2) is 11.6 Å². The summed E-state index contributed by atoms with van der Waals surface area (Å²) >= 11 is 14.3. The molecule has 3 aromatic heterocycles. The Hall–Kier alpha value is -2.21. The summed E-state index contributed by atoms with van der Waals surface area (Å²) in [4.78, 5) is 37.2. The summed E-state index contributed by atoms with van der Waals surface area (Å²) in [6, 6.07) is -0.723. The molecular weight excluding hydrogens is 488 g/mol. The molecule has 2 atom stereocenters. The lowest BCUT2D eigenvalue weighted by molar-refractivity contribution is 0.0702. The summed E-state index contributed by atoms with van der Waals surface area (Å²) in [7, 11) is 0. The van der Waals surface area contributed by atoms with E-state index in [1.165, 1.54) is 11.3 Å². The van der Waals surface area contributed by atoms with Gasteiger partial charge in [-0.1, -0.05) is 34.5 Å². The summed E-state index contributed by atoms with van der Waals surface area (Å²) in [5.74, 6) is -1.64. The van der Waals surface area contributed by atoms with Crippen LogP contribution in [0.2, 0.25) is 10.0 Å². The third-order valence-electron chi connectivity index (χ3n) is 4.85. The van der Waals surface area contributed by atoms with Crippen LogP contribution in [0.3, 0.4) is 0 Å². The third-order valence-corrected chi connectivity index (χ3v) is 7.69. The number of amides is 1. The number of alkyl halides is 1. The molecule has 1 amide bonds. The highest BCUT2D eigenvalue weighted by molar-refractivity contribution is 7.18. The van der Waals surface area contributed by atoms with Crippen LogP contribution in [0, 0.1) is 6.92 Å². The van der Waals surface area contributed by atoms with Crippen molar-refractivity contribution in [3.8, 4) is 10.7 Å². The minimum Gasteiger partial charge on any atom is -0.477 e. The average Bonchev–Trinajstić information content (AvgIpc) is 3.46. The Balaban J connectivity index is 1.47. The van der Waals surface area contributed by atoms with Crippen molar-refractivity contribution in [1.29, 1.82) is 0 Å². The first-order valence-electron chi connectivity index (χ1n) is 9.13. The van der Waals surface area contributed by atoms with E-state index in [0.717, 1.165) is 11.3 Å². The van der Waals surface area contributed by atoms with Crippen molar-refractivity contribution in [2.45, 2.75) is 25.6 Å². The standard InChI is InChI=1S/C18H16Cl2FN5O3S2/c1-7-10(19)11(20)12(23-7)15(27)24-9-2-4-26(6-8(9)21)18-25-13(14(31-18)17(28)29)16-22-3-5-30-16/h3,5,8-9,23H,2,4,6H2,1H3,(H,24,27)(H,28,29)/t8-,9+/m0/s1. The highest BCUT2D eigenvalue weighted by Gasteiger charge is 2.34. The van der Waals surface area contributed by atoms with Gasteiger partial charge >= 0.3 is 5.97 Å². The van der Waals surface area contributed by atoms with E-state index >= 15 is 0 Å². The molecule has 0 unspecified atom stereocenters. The van der Waals surface area contributed by atoms with E-state index in [0.29, 0.717) is 28.8 Å². The SMILES string of the molecule is Cc1[nH]c(C(=O)N[C@@H]2CCN(c3nc(-c4nccs4)c(C(=O)O)s3)C[C@@H]2F)c(Cl)c1Cl. The van der Waals surface area contributed by atoms with Gasteiger partial charge in [-0.15, -0.1) is 11.3 Å². The van der Waals surface area contributed by atoms with E-state index in [9.17, 15) is 19.1 Å². The highest BCUT2D eigenvalue weighted by Crippen LogP contribution is 2.35. The number of hydrogen-bond acceptors (Lipinski definition) is 7. The molecule has 3 N–H and O–H groups in total. The number of aromatic carboxylic acids is 1. The maximum absolute atomic E-state index is 14.9. The number of aromatic amines is 1. The summed E-state index contributed by atoms with van der Waals surface area (Å²) in [5.41, 5.74) is 0.928. The van der Waals surface area contributed by atoms with Gasteiger partial charge in [-0.2, -0.15) is 0 Å². The molecule has 4 heterocycles. The van der Waals surface area contributed by atoms with Gasteiger partial charge in [0.2, 0.25) is 0 Å². The topological polar surface area (TPSA) is 111 Å². The predicted molar refractivity (Wildman–Crippen MR) is 119 cm³/mol. The van der Waals surface area contributed by atoms with Gasteiger partial charge in [0.1, 0.15) is 27.4 Å². The third kappa shape index (κ3) is 4.27. The normalized spacial score (nSPS) is 18.9. The van der Waals surface area contributed by atoms with Crippen LogP contribution in [0.25, 0.3) is 10.7 Å². The maximum atomic E-state index is 14.9. The Bertz CT molecular complexity index is 1130. The number of anilines is 1. The van der Waals surface area contributed by atoms with Crippen LogP contribution in [0.1, 0.15) is 32.3 Å². The monoisotopic (exact) mass is 503 g/mol. The Kier molecular flexibility index (Phi) is 6.20. The van der Waals surface area contributed by atoms with Crippen molar-refractivity contribution < 1.29 is 19.1 Å². The molecule has 13 heteroatoms. The molecule has 1 aliphatic rings. The molecule has 31 heavy (non-hydrogen) atoms. The van der Waals surface area contributed by atoms with Gasteiger partial charge < -0.3 is 20.3 Å². The van der Waals surface area contributed by atoms with Gasteiger partial charge in [-0.05, 0) is 13.3 Å². The number of nitrogens with one attached hydrogen (secondary N) is 2. The van der Waals surface area contributed by atoms with Crippen LogP contribution in [0.4, 0.5) is 9.52 Å². The smallest absolute Gasteiger partial charge is 0.348 e. The fourth-order valence-corrected chi connectivity index (χ4v) is 5.34. The van der Waals surface area contributed by atoms with Gasteiger partial charge in [-0.3, -0.25) is 4.79 Å². The van der Waals surface area contributed by atoms with E-state index in [1.54, 1.807) is 23.4 Å². The zero-order valence-electron chi connectivity index (χ0n) is 16.0. The zero-order valence-corrected chi connectivity index (χ0v) is 19.1. The second-order valence-corrected chi connectivity index (χ2v) is 9.53. The Morgan fingerprint density at radius 2 is 2.16 bits per heavy atom. The average molecular weight is 504 g/mol. The van der Waals surface area contributed by atoms with E-state index < -0.39 is 24.1 Å². The molecule has 164 valence electrons. The summed E-state index contributed by atoms with van der Waals surface area (Å²) < 4.78 is 14.9. The van der Waals surface area contributed by atoms with Gasteiger partial charge in [-0.25, -0.2) is 19.2 Å². The molecule has 0 aliphatic carbocycles. The molecule has 1 aliphatic heterocycles. The summed E-state index contributed by atoms with van der Waals surface area (Å²) in [5, 5.41) is 15.2. The number of nitrogens with zero attached hydrogens (tertiary/aromatic N) is 3. The number of carboxylic acids is 1. The van der Waals surface area contributed by atoms with Crippen LogP contribution < -0.4 is 10.2 Å². The number of carboxylic acid groups (broad SMARTS) is 1. The molecule has 0 saturated carbocycles. The zero-order chi connectivity index (χ0) is 22.3. The minimum absolute atomic E-state index is 0.0347. The van der Waals surface area contributed by atoms with Crippen LogP contribution in [0.5, 0.6) is 0 Å². The Morgan fingerprint density at radius 3 is 2.74 bits per heavy atom. The molecular formula is C18H16Cl2FN5O3S2. The number of carbonyl (C=O) groups excluding carboxylic acids is 1. The number of piperidine rings is 1. The van der Waals surface area contributed by atoms with Crippen molar-refractivity contribution in [1.82, 2.24) is 20.3 Å². The van der Waals surface area contributed by atoms with Crippen LogP contribution in [-0.2, 0) is 0 Å². The molecule has 0 aromatic carbocycles. The number of aryl methyl sites for hydroxylation is 1. The largest absolute Gasteiger partial charge is 0.477 e. The van der Waals surface area contributed by atoms with E-state index in [4.69, 9.17) is 23.2 Å². The fraction of sp³-hybridized carbons (Fsp3) is 0.333. The number of hydrogen-bond donors (Lipinski definition) is 3. The van der Waals surface area contributed by atoms with E-state index in [1.807, 2.05) is 0 Å². The number of aromatic nitrogens is 3. The molecule has 0 spiro atoms. The molecule has 1 fully saturated rings. The Morgan fingerprint density at radius 1 is 1.39 bits per heavy atom. The van der Waals surface area contributed by atoms with Crippen molar-refractivity contribution >= 4 is 62.9 Å². The number of rotatable bonds is 5. The molecule has 4 rings (SSSR count). The maximum Gasteiger partial charge on any atom is 0.348 e. The van der Waals surface area contributed by atoms with Crippen molar-refractivity contribution in [2.75, 3.05) is 18.0 Å². The minimum atomic E-state index is -1.39. The number of thiazole rings is 2. The van der Waals surface area contributed by atoms with Gasteiger partial charge in [0.05, 0.1) is 22.6 Å². The quantitative estimate of drug-likeness (QED) is 0.479. The highest BCUT2D eigenvalue weighted by atomic mass is 35.5. The number of carbonyl (C=O) groups is 2. The fourth-order valence-electron chi connectivity index (χ4n) is 3.28. The lowest BCUT2D eigenvalue weighted by Gasteiger charge is -2.34. The van der Waals surface area contributed by atoms with Crippen molar-refractivity contribution in [3.05, 3.63) is 37.9 Å². The molecule has 0 radical (unpaired) electrons. The van der Waals surface area contributed by atoms with Gasteiger partial charge in [0, 0.05) is 23.8 Å². The van der Waals surface area contributed by atoms with Crippen molar-refractivity contribution in [3.63, 3.8) is 0 Å². The van der Waals surface area contributed by atoms with E-state index in [-0.39, 0.29) is 32.9 Å². The summed E-state index contributed by atoms with van der Waals surface area (Å²) in [6.07, 6.45) is 0.497. The number of H-pyrrole nitrogens is 1. The molecule has 1 saturated heterocycles. The van der Waals surface area contributed by atoms with E-state index in [2.05, 4.69) is 20.3 Å². The first kappa shape index (κ1) is 22.0. The summed E-state index contributed by atoms with van der Waals surface area (Å²) in [6.45, 7) is 2.04. The lowest BCUT2D eigenvalue weighted by Crippen LogP contribution is -2.52. The molecule has 8 nitrogen and oxygen atoms in total. The lowest BCUT2D eigenvalue weighted by atomic mass is 10.0. The second kappa shape index (κ2) is 8.73. The first-order chi connectivity index (χ1) is 14.8. The molecule has 3 aromatic rings. The number of halogens is 3. The molecule has 0 bridgehead atoms. The van der Waals surface area contributed by atoms with Gasteiger partial charge in [0.15, 0.2) is 5.13 Å². The first-order valence-corrected chi connectivity index (χ1v) is 11.6. The Labute approximate surface area is 194 Å². The predicted octanol–water partition coefficient (Wildman–Crippen LogP) is 4.25. The van der Waals surface area contributed by atoms with Crippen LogP contribution in [-0.4, -0.2) is 57.2 Å². The van der Waals surface area contributed by atoms with Crippen LogP contribution >= 0.6 is 45.9 Å². The van der Waals surface area contributed by atoms with Gasteiger partial charge in [0.25, 0.3) is 5.91 Å². The van der Waals surface area contributed by atoms with Crippen molar-refractivity contribution in [2.24, 2.45) is 0 Å².